The van der Waals surface area contributed by atoms with Gasteiger partial charge in [-0.3, -0.25) is 4.90 Å². The zero-order valence-corrected chi connectivity index (χ0v) is 19.4. The van der Waals surface area contributed by atoms with Crippen molar-refractivity contribution >= 4 is 27.8 Å². The molecule has 0 saturated carbocycles. The number of carbonyl (C=O) groups is 2. The molecule has 1 N–H and O–H groups in total. The van der Waals surface area contributed by atoms with E-state index in [2.05, 4.69) is 4.72 Å². The third-order valence-electron chi connectivity index (χ3n) is 5.26. The van der Waals surface area contributed by atoms with Gasteiger partial charge in [0.25, 0.3) is 0 Å². The molecule has 2 fully saturated rings. The first-order valence-electron chi connectivity index (χ1n) is 10.5. The number of piperazine rings is 1. The Morgan fingerprint density at radius 2 is 1.84 bits per heavy atom. The number of hydrogen-bond acceptors (Lipinski definition) is 5. The Kier molecular flexibility index (Phi) is 6.80. The van der Waals surface area contributed by atoms with Crippen LogP contribution in [0.15, 0.2) is 24.3 Å². The Bertz CT molecular complexity index is 911. The van der Waals surface area contributed by atoms with Crippen molar-refractivity contribution in [3.8, 4) is 0 Å². The Labute approximate surface area is 184 Å². The van der Waals surface area contributed by atoms with Crippen LogP contribution in [0.2, 0.25) is 0 Å². The average Bonchev–Trinajstić information content (AvgIpc) is 3.00. The van der Waals surface area contributed by atoms with Crippen molar-refractivity contribution < 1.29 is 22.7 Å². The lowest BCUT2D eigenvalue weighted by Crippen LogP contribution is -2.54. The number of ether oxygens (including phenoxy) is 1. The fourth-order valence-electron chi connectivity index (χ4n) is 3.81. The summed E-state index contributed by atoms with van der Waals surface area (Å²) in [6.07, 6.45) is 2.25. The Hall–Kier alpha value is -2.33. The van der Waals surface area contributed by atoms with Crippen LogP contribution in [0, 0.1) is 0 Å². The van der Waals surface area contributed by atoms with E-state index in [0.29, 0.717) is 39.1 Å². The predicted molar refractivity (Wildman–Crippen MR) is 119 cm³/mol. The first kappa shape index (κ1) is 23.3. The number of hydrogen-bond donors (Lipinski definition) is 1. The van der Waals surface area contributed by atoms with Gasteiger partial charge in [-0.1, -0.05) is 12.1 Å². The molecule has 0 unspecified atom stereocenters. The summed E-state index contributed by atoms with van der Waals surface area (Å²) in [7, 11) is -3.16. The average molecular weight is 453 g/mol. The number of anilines is 1. The highest BCUT2D eigenvalue weighted by molar-refractivity contribution is 7.88. The van der Waals surface area contributed by atoms with E-state index in [0.717, 1.165) is 23.9 Å². The minimum absolute atomic E-state index is 0.0426. The standard InChI is InChI=1S/C21H32N4O5S/c1-21(2,3)30-20(27)23-12-13-24-18(14-23)15-25(19(24)26)17-9-7-16(8-10-17)6-5-11-22-31(4,28)29/h7-10,18,22H,5-6,11-15H2,1-4H3/t18-/m0/s1. The Morgan fingerprint density at radius 1 is 1.16 bits per heavy atom. The van der Waals surface area contributed by atoms with Crippen molar-refractivity contribution in [2.24, 2.45) is 0 Å². The molecule has 0 bridgehead atoms. The van der Waals surface area contributed by atoms with Crippen molar-refractivity contribution in [3.63, 3.8) is 0 Å². The van der Waals surface area contributed by atoms with Gasteiger partial charge in [-0.2, -0.15) is 0 Å². The smallest absolute Gasteiger partial charge is 0.410 e. The van der Waals surface area contributed by atoms with Crippen LogP contribution in [-0.4, -0.2) is 81.0 Å². The molecule has 0 aromatic heterocycles. The quantitative estimate of drug-likeness (QED) is 0.666. The van der Waals surface area contributed by atoms with Gasteiger partial charge < -0.3 is 14.5 Å². The second-order valence-electron chi connectivity index (χ2n) is 9.10. The molecule has 3 rings (SSSR count). The van der Waals surface area contributed by atoms with Crippen LogP contribution >= 0.6 is 0 Å². The summed E-state index contributed by atoms with van der Waals surface area (Å²) in [6, 6.07) is 7.66. The van der Waals surface area contributed by atoms with E-state index in [1.54, 1.807) is 9.80 Å². The van der Waals surface area contributed by atoms with Crippen molar-refractivity contribution in [2.75, 3.05) is 43.9 Å². The Balaban J connectivity index is 1.56. The molecular formula is C21H32N4O5S. The largest absolute Gasteiger partial charge is 0.444 e. The summed E-state index contributed by atoms with van der Waals surface area (Å²) >= 11 is 0. The van der Waals surface area contributed by atoms with E-state index >= 15 is 0 Å². The molecule has 172 valence electrons. The van der Waals surface area contributed by atoms with Gasteiger partial charge >= 0.3 is 12.1 Å². The van der Waals surface area contributed by atoms with E-state index in [-0.39, 0.29) is 18.2 Å². The number of nitrogens with one attached hydrogen (secondary N) is 1. The molecule has 10 heteroatoms. The molecule has 2 aliphatic heterocycles. The van der Waals surface area contributed by atoms with Gasteiger partial charge in [-0.15, -0.1) is 0 Å². The van der Waals surface area contributed by atoms with Crippen molar-refractivity contribution in [3.05, 3.63) is 29.8 Å². The van der Waals surface area contributed by atoms with Crippen molar-refractivity contribution in [1.82, 2.24) is 14.5 Å². The molecule has 9 nitrogen and oxygen atoms in total. The van der Waals surface area contributed by atoms with E-state index in [1.807, 2.05) is 49.9 Å². The monoisotopic (exact) mass is 452 g/mol. The topological polar surface area (TPSA) is 99.3 Å². The molecular weight excluding hydrogens is 420 g/mol. The van der Waals surface area contributed by atoms with E-state index in [1.165, 1.54) is 0 Å². The summed E-state index contributed by atoms with van der Waals surface area (Å²) in [4.78, 5) is 30.5. The zero-order chi connectivity index (χ0) is 22.8. The number of fused-ring (bicyclic) bond motifs is 1. The van der Waals surface area contributed by atoms with Crippen LogP contribution in [0.25, 0.3) is 0 Å². The lowest BCUT2D eigenvalue weighted by atomic mass is 10.1. The van der Waals surface area contributed by atoms with Crippen LogP contribution in [0.3, 0.4) is 0 Å². The van der Waals surface area contributed by atoms with E-state index < -0.39 is 15.6 Å². The first-order chi connectivity index (χ1) is 14.4. The van der Waals surface area contributed by atoms with Gasteiger partial charge in [0.05, 0.1) is 12.3 Å². The molecule has 0 radical (unpaired) electrons. The predicted octanol–water partition coefficient (Wildman–Crippen LogP) is 2.03. The van der Waals surface area contributed by atoms with Crippen LogP contribution < -0.4 is 9.62 Å². The number of amides is 3. The first-order valence-corrected chi connectivity index (χ1v) is 12.4. The summed E-state index contributed by atoms with van der Waals surface area (Å²) < 4.78 is 30.2. The fraction of sp³-hybridized carbons (Fsp3) is 0.619. The van der Waals surface area contributed by atoms with Crippen LogP contribution in [-0.2, 0) is 21.2 Å². The molecule has 1 aromatic rings. The summed E-state index contributed by atoms with van der Waals surface area (Å²) in [5, 5.41) is 0. The molecule has 2 aliphatic rings. The third kappa shape index (κ3) is 6.33. The van der Waals surface area contributed by atoms with Gasteiger partial charge in [-0.05, 0) is 51.3 Å². The van der Waals surface area contributed by atoms with Crippen LogP contribution in [0.4, 0.5) is 15.3 Å². The maximum absolute atomic E-state index is 12.9. The van der Waals surface area contributed by atoms with E-state index in [4.69, 9.17) is 4.74 Å². The zero-order valence-electron chi connectivity index (χ0n) is 18.6. The number of urea groups is 1. The van der Waals surface area contributed by atoms with Crippen LogP contribution in [0.1, 0.15) is 32.8 Å². The van der Waals surface area contributed by atoms with Gasteiger partial charge in [0.15, 0.2) is 0 Å². The molecule has 1 aromatic carbocycles. The summed E-state index contributed by atoms with van der Waals surface area (Å²) in [5.41, 5.74) is 1.36. The lowest BCUT2D eigenvalue weighted by molar-refractivity contribution is 0.0128. The number of nitrogens with zero attached hydrogens (tertiary/aromatic N) is 3. The minimum atomic E-state index is -3.16. The molecule has 3 amide bonds. The van der Waals surface area contributed by atoms with Crippen molar-refractivity contribution in [1.29, 1.82) is 0 Å². The van der Waals surface area contributed by atoms with Crippen LogP contribution in [0.5, 0.6) is 0 Å². The van der Waals surface area contributed by atoms with Gasteiger partial charge in [0.1, 0.15) is 5.60 Å². The molecule has 31 heavy (non-hydrogen) atoms. The maximum Gasteiger partial charge on any atom is 0.410 e. The number of benzene rings is 1. The highest BCUT2D eigenvalue weighted by Crippen LogP contribution is 2.27. The Morgan fingerprint density at radius 3 is 2.45 bits per heavy atom. The SMILES string of the molecule is CC(C)(C)OC(=O)N1CCN2C(=O)N(c3ccc(CCCNS(C)(=O)=O)cc3)C[C@@H]2C1. The number of aryl methyl sites for hydroxylation is 1. The lowest BCUT2D eigenvalue weighted by Gasteiger charge is -2.36. The highest BCUT2D eigenvalue weighted by Gasteiger charge is 2.42. The number of rotatable bonds is 6. The molecule has 0 spiro atoms. The molecule has 2 saturated heterocycles. The normalized spacial score (nSPS) is 19.5. The fourth-order valence-corrected chi connectivity index (χ4v) is 4.32. The van der Waals surface area contributed by atoms with Gasteiger partial charge in [0, 0.05) is 38.4 Å². The maximum atomic E-state index is 12.9. The second-order valence-corrected chi connectivity index (χ2v) is 10.9. The van der Waals surface area contributed by atoms with Gasteiger partial charge in [-0.25, -0.2) is 22.7 Å². The van der Waals surface area contributed by atoms with Gasteiger partial charge in [0.2, 0.25) is 10.0 Å². The molecule has 0 aliphatic carbocycles. The number of carbonyl (C=O) groups excluding carboxylic acids is 2. The van der Waals surface area contributed by atoms with E-state index in [9.17, 15) is 18.0 Å². The molecule has 2 heterocycles. The minimum Gasteiger partial charge on any atom is -0.444 e. The number of sulfonamides is 1. The second kappa shape index (κ2) is 9.04. The third-order valence-corrected chi connectivity index (χ3v) is 5.99. The summed E-state index contributed by atoms with van der Waals surface area (Å²) in [6.45, 7) is 7.86. The summed E-state index contributed by atoms with van der Waals surface area (Å²) in [5.74, 6) is 0. The van der Waals surface area contributed by atoms with Crippen molar-refractivity contribution in [2.45, 2.75) is 45.3 Å². The molecule has 1 atom stereocenters. The highest BCUT2D eigenvalue weighted by atomic mass is 32.2.